The van der Waals surface area contributed by atoms with Gasteiger partial charge >= 0.3 is 0 Å². The van der Waals surface area contributed by atoms with Crippen molar-refractivity contribution in [3.05, 3.63) is 64.7 Å². The molecule has 0 radical (unpaired) electrons. The number of anilines is 1. The average Bonchev–Trinajstić information content (AvgIpc) is 3.29. The molecule has 5 heteroatoms. The fourth-order valence-electron chi connectivity index (χ4n) is 3.61. The van der Waals surface area contributed by atoms with Gasteiger partial charge in [0, 0.05) is 29.4 Å². The van der Waals surface area contributed by atoms with Crippen LogP contribution in [0.3, 0.4) is 0 Å². The number of rotatable bonds is 4. The van der Waals surface area contributed by atoms with Gasteiger partial charge in [0.1, 0.15) is 0 Å². The topological polar surface area (TPSA) is 49.4 Å². The molecule has 134 valence electrons. The third-order valence-electron chi connectivity index (χ3n) is 5.34. The Morgan fingerprint density at radius 3 is 2.31 bits per heavy atom. The molecule has 26 heavy (non-hydrogen) atoms. The average molecular weight is 369 g/mol. The zero-order chi connectivity index (χ0) is 18.1. The molecule has 4 nitrogen and oxygen atoms in total. The molecule has 2 amide bonds. The van der Waals surface area contributed by atoms with Crippen molar-refractivity contribution in [1.29, 1.82) is 0 Å². The normalized spacial score (nSPS) is 17.8. The Labute approximate surface area is 158 Å². The number of amides is 2. The summed E-state index contributed by atoms with van der Waals surface area (Å²) in [6.07, 6.45) is 3.80. The molecule has 1 saturated heterocycles. The van der Waals surface area contributed by atoms with Gasteiger partial charge in [0.25, 0.3) is 5.91 Å². The predicted molar refractivity (Wildman–Crippen MR) is 103 cm³/mol. The lowest BCUT2D eigenvalue weighted by Crippen LogP contribution is -2.28. The van der Waals surface area contributed by atoms with Gasteiger partial charge in [-0.05, 0) is 67.6 Å². The van der Waals surface area contributed by atoms with E-state index >= 15 is 0 Å². The van der Waals surface area contributed by atoms with Crippen molar-refractivity contribution in [3.63, 3.8) is 0 Å². The molecule has 4 rings (SSSR count). The van der Waals surface area contributed by atoms with E-state index in [2.05, 4.69) is 5.32 Å². The highest BCUT2D eigenvalue weighted by molar-refractivity contribution is 6.30. The first-order chi connectivity index (χ1) is 12.6. The summed E-state index contributed by atoms with van der Waals surface area (Å²) in [4.78, 5) is 27.1. The van der Waals surface area contributed by atoms with E-state index in [1.54, 1.807) is 24.3 Å². The minimum absolute atomic E-state index is 0.0154. The van der Waals surface area contributed by atoms with E-state index in [0.717, 1.165) is 44.3 Å². The molecule has 1 aliphatic carbocycles. The largest absolute Gasteiger partial charge is 0.339 e. The minimum Gasteiger partial charge on any atom is -0.339 e. The first-order valence-corrected chi connectivity index (χ1v) is 9.43. The number of nitrogens with zero attached hydrogens (tertiary/aromatic N) is 1. The van der Waals surface area contributed by atoms with Crippen LogP contribution in [0.2, 0.25) is 5.02 Å². The van der Waals surface area contributed by atoms with Gasteiger partial charge < -0.3 is 10.2 Å². The molecule has 1 heterocycles. The van der Waals surface area contributed by atoms with Crippen LogP contribution in [-0.2, 0) is 10.2 Å². The van der Waals surface area contributed by atoms with Crippen molar-refractivity contribution < 1.29 is 9.59 Å². The van der Waals surface area contributed by atoms with Crippen LogP contribution < -0.4 is 5.32 Å². The van der Waals surface area contributed by atoms with E-state index in [-0.39, 0.29) is 11.8 Å². The summed E-state index contributed by atoms with van der Waals surface area (Å²) in [5.74, 6) is 0.0522. The molecule has 0 atom stereocenters. The van der Waals surface area contributed by atoms with Crippen LogP contribution in [-0.4, -0.2) is 29.8 Å². The number of carbonyl (C=O) groups excluding carboxylic acids is 2. The van der Waals surface area contributed by atoms with Gasteiger partial charge in [0.15, 0.2) is 0 Å². The van der Waals surface area contributed by atoms with Crippen molar-refractivity contribution >= 4 is 29.1 Å². The second-order valence-corrected chi connectivity index (χ2v) is 7.56. The highest BCUT2D eigenvalue weighted by Crippen LogP contribution is 2.49. The second-order valence-electron chi connectivity index (χ2n) is 7.12. The maximum atomic E-state index is 12.8. The Morgan fingerprint density at radius 1 is 1.00 bits per heavy atom. The maximum absolute atomic E-state index is 12.8. The molecule has 0 spiro atoms. The van der Waals surface area contributed by atoms with E-state index in [4.69, 9.17) is 11.6 Å². The molecule has 1 aliphatic heterocycles. The Bertz CT molecular complexity index is 837. The van der Waals surface area contributed by atoms with Crippen LogP contribution in [0, 0.1) is 0 Å². The van der Waals surface area contributed by atoms with Crippen molar-refractivity contribution in [1.82, 2.24) is 4.90 Å². The fraction of sp³-hybridized carbons (Fsp3) is 0.333. The number of nitrogens with one attached hydrogen (secondary N) is 1. The van der Waals surface area contributed by atoms with Gasteiger partial charge in [0.2, 0.25) is 5.91 Å². The summed E-state index contributed by atoms with van der Waals surface area (Å²) in [7, 11) is 0. The molecular formula is C21H21ClN2O2. The summed E-state index contributed by atoms with van der Waals surface area (Å²) in [5.41, 5.74) is 1.86. The Morgan fingerprint density at radius 2 is 1.69 bits per heavy atom. The van der Waals surface area contributed by atoms with Crippen LogP contribution in [0.4, 0.5) is 5.69 Å². The van der Waals surface area contributed by atoms with Gasteiger partial charge in [-0.3, -0.25) is 9.59 Å². The molecule has 2 aromatic rings. The van der Waals surface area contributed by atoms with Crippen molar-refractivity contribution in [3.8, 4) is 0 Å². The van der Waals surface area contributed by atoms with Crippen LogP contribution in [0.15, 0.2) is 48.5 Å². The molecule has 1 saturated carbocycles. The monoisotopic (exact) mass is 368 g/mol. The van der Waals surface area contributed by atoms with E-state index in [9.17, 15) is 9.59 Å². The molecule has 0 bridgehead atoms. The van der Waals surface area contributed by atoms with Gasteiger partial charge in [-0.15, -0.1) is 0 Å². The van der Waals surface area contributed by atoms with Crippen molar-refractivity contribution in [2.24, 2.45) is 0 Å². The summed E-state index contributed by atoms with van der Waals surface area (Å²) in [6, 6.07) is 14.7. The van der Waals surface area contributed by atoms with Crippen LogP contribution in [0.5, 0.6) is 0 Å². The van der Waals surface area contributed by atoms with E-state index in [0.29, 0.717) is 16.3 Å². The summed E-state index contributed by atoms with van der Waals surface area (Å²) < 4.78 is 0. The molecule has 2 aromatic carbocycles. The lowest BCUT2D eigenvalue weighted by molar-refractivity contribution is -0.118. The van der Waals surface area contributed by atoms with Crippen LogP contribution in [0.1, 0.15) is 41.6 Å². The third-order valence-corrected chi connectivity index (χ3v) is 5.58. The molecule has 1 N–H and O–H groups in total. The second kappa shape index (κ2) is 6.76. The maximum Gasteiger partial charge on any atom is 0.253 e. The molecular weight excluding hydrogens is 348 g/mol. The number of likely N-dealkylation sites (tertiary alicyclic amines) is 1. The van der Waals surface area contributed by atoms with Gasteiger partial charge in [0.05, 0.1) is 5.41 Å². The molecule has 0 aromatic heterocycles. The SMILES string of the molecule is O=C(c1ccc(NC(=O)C2(c3cccc(Cl)c3)CC2)cc1)N1CCCC1. The predicted octanol–water partition coefficient (Wildman–Crippen LogP) is 4.25. The Kier molecular flexibility index (Phi) is 4.45. The van der Waals surface area contributed by atoms with E-state index < -0.39 is 5.41 Å². The minimum atomic E-state index is -0.477. The highest BCUT2D eigenvalue weighted by atomic mass is 35.5. The summed E-state index contributed by atoms with van der Waals surface area (Å²) >= 11 is 6.08. The molecule has 2 aliphatic rings. The lowest BCUT2D eigenvalue weighted by atomic mass is 9.95. The number of benzene rings is 2. The van der Waals surface area contributed by atoms with Crippen LogP contribution >= 0.6 is 11.6 Å². The Hall–Kier alpha value is -2.33. The van der Waals surface area contributed by atoms with Crippen LogP contribution in [0.25, 0.3) is 0 Å². The zero-order valence-corrected chi connectivity index (χ0v) is 15.3. The third kappa shape index (κ3) is 3.21. The van der Waals surface area contributed by atoms with Gasteiger partial charge in [-0.1, -0.05) is 23.7 Å². The van der Waals surface area contributed by atoms with E-state index in [1.165, 1.54) is 0 Å². The quantitative estimate of drug-likeness (QED) is 0.877. The fourth-order valence-corrected chi connectivity index (χ4v) is 3.80. The molecule has 0 unspecified atom stereocenters. The summed E-state index contributed by atoms with van der Waals surface area (Å²) in [6.45, 7) is 1.67. The standard InChI is InChI=1S/C21H21ClN2O2/c22-17-5-3-4-16(14-17)21(10-11-21)20(26)23-18-8-6-15(7-9-18)19(25)24-12-1-2-13-24/h3-9,14H,1-2,10-13H2,(H,23,26). The first-order valence-electron chi connectivity index (χ1n) is 9.05. The molecule has 2 fully saturated rings. The number of hydrogen-bond acceptors (Lipinski definition) is 2. The smallest absolute Gasteiger partial charge is 0.253 e. The number of hydrogen-bond donors (Lipinski definition) is 1. The van der Waals surface area contributed by atoms with Crippen molar-refractivity contribution in [2.45, 2.75) is 31.1 Å². The number of carbonyl (C=O) groups is 2. The first kappa shape index (κ1) is 17.1. The number of halogens is 1. The highest BCUT2D eigenvalue weighted by Gasteiger charge is 2.51. The zero-order valence-electron chi connectivity index (χ0n) is 14.5. The lowest BCUT2D eigenvalue weighted by Gasteiger charge is -2.17. The van der Waals surface area contributed by atoms with E-state index in [1.807, 2.05) is 29.2 Å². The van der Waals surface area contributed by atoms with Gasteiger partial charge in [-0.25, -0.2) is 0 Å². The Balaban J connectivity index is 1.45. The summed E-state index contributed by atoms with van der Waals surface area (Å²) in [5, 5.41) is 3.64. The van der Waals surface area contributed by atoms with Gasteiger partial charge in [-0.2, -0.15) is 0 Å². The van der Waals surface area contributed by atoms with Crippen molar-refractivity contribution in [2.75, 3.05) is 18.4 Å².